The van der Waals surface area contributed by atoms with Crippen LogP contribution in [-0.2, 0) is 4.74 Å². The number of rotatable bonds is 5. The summed E-state index contributed by atoms with van der Waals surface area (Å²) < 4.78 is 5.60. The van der Waals surface area contributed by atoms with Gasteiger partial charge in [-0.3, -0.25) is 4.90 Å². The average molecular weight is 248 g/mol. The summed E-state index contributed by atoms with van der Waals surface area (Å²) in [6.45, 7) is 7.22. The first kappa shape index (κ1) is 13.4. The van der Waals surface area contributed by atoms with E-state index in [0.717, 1.165) is 26.1 Å². The Kier molecular flexibility index (Phi) is 4.61. The molecule has 0 bridgehead atoms. The first-order valence-corrected chi connectivity index (χ1v) is 6.79. The van der Waals surface area contributed by atoms with Gasteiger partial charge in [-0.15, -0.1) is 0 Å². The van der Waals surface area contributed by atoms with Gasteiger partial charge in [0.2, 0.25) is 0 Å². The molecule has 0 spiro atoms. The molecule has 0 radical (unpaired) electrons. The largest absolute Gasteiger partial charge is 0.384 e. The van der Waals surface area contributed by atoms with Crippen LogP contribution in [0, 0.1) is 6.92 Å². The highest BCUT2D eigenvalue weighted by Gasteiger charge is 2.27. The van der Waals surface area contributed by atoms with Crippen LogP contribution in [0.3, 0.4) is 0 Å². The van der Waals surface area contributed by atoms with Crippen molar-refractivity contribution in [3.05, 3.63) is 29.8 Å². The van der Waals surface area contributed by atoms with Crippen molar-refractivity contribution in [3.8, 4) is 0 Å². The van der Waals surface area contributed by atoms with Gasteiger partial charge < -0.3 is 10.1 Å². The van der Waals surface area contributed by atoms with Crippen LogP contribution in [0.4, 0.5) is 5.69 Å². The predicted octanol–water partition coefficient (Wildman–Crippen LogP) is 2.52. The van der Waals surface area contributed by atoms with E-state index in [4.69, 9.17) is 4.74 Å². The highest BCUT2D eigenvalue weighted by atomic mass is 16.5. The Morgan fingerprint density at radius 2 is 2.28 bits per heavy atom. The summed E-state index contributed by atoms with van der Waals surface area (Å²) in [5, 5.41) is 3.47. The fourth-order valence-corrected chi connectivity index (χ4v) is 2.60. The average Bonchev–Trinajstić information content (AvgIpc) is 2.75. The van der Waals surface area contributed by atoms with Crippen molar-refractivity contribution in [2.24, 2.45) is 0 Å². The van der Waals surface area contributed by atoms with E-state index in [2.05, 4.69) is 55.4 Å². The van der Waals surface area contributed by atoms with Gasteiger partial charge in [0.1, 0.15) is 0 Å². The van der Waals surface area contributed by atoms with Crippen molar-refractivity contribution in [2.45, 2.75) is 32.4 Å². The molecule has 1 aromatic rings. The Labute approximate surface area is 110 Å². The van der Waals surface area contributed by atoms with Gasteiger partial charge in [-0.1, -0.05) is 12.1 Å². The summed E-state index contributed by atoms with van der Waals surface area (Å²) in [6, 6.07) is 9.09. The molecule has 18 heavy (non-hydrogen) atoms. The van der Waals surface area contributed by atoms with Crippen molar-refractivity contribution in [3.63, 3.8) is 0 Å². The number of benzene rings is 1. The molecule has 100 valence electrons. The van der Waals surface area contributed by atoms with E-state index in [-0.39, 0.29) is 0 Å². The number of ether oxygens (including phenoxy) is 1. The predicted molar refractivity (Wildman–Crippen MR) is 76.1 cm³/mol. The molecule has 3 heteroatoms. The van der Waals surface area contributed by atoms with Gasteiger partial charge >= 0.3 is 0 Å². The SMILES string of the molecule is Cc1cccc(NCCN(C)C2CCOC2C)c1. The fraction of sp³-hybridized carbons (Fsp3) is 0.600. The van der Waals surface area contributed by atoms with E-state index in [1.807, 2.05) is 0 Å². The van der Waals surface area contributed by atoms with E-state index in [1.165, 1.54) is 11.3 Å². The van der Waals surface area contributed by atoms with Gasteiger partial charge in [-0.25, -0.2) is 0 Å². The second kappa shape index (κ2) is 6.21. The number of nitrogens with zero attached hydrogens (tertiary/aromatic N) is 1. The van der Waals surface area contributed by atoms with Gasteiger partial charge in [0, 0.05) is 31.4 Å². The van der Waals surface area contributed by atoms with Crippen LogP contribution in [0.5, 0.6) is 0 Å². The highest BCUT2D eigenvalue weighted by Crippen LogP contribution is 2.17. The quantitative estimate of drug-likeness (QED) is 0.866. The lowest BCUT2D eigenvalue weighted by atomic mass is 10.1. The maximum Gasteiger partial charge on any atom is 0.0702 e. The molecule has 1 N–H and O–H groups in total. The molecule has 1 saturated heterocycles. The lowest BCUT2D eigenvalue weighted by molar-refractivity contribution is 0.0850. The third-order valence-corrected chi connectivity index (χ3v) is 3.71. The Bertz CT molecular complexity index is 381. The number of hydrogen-bond donors (Lipinski definition) is 1. The Hall–Kier alpha value is -1.06. The second-order valence-electron chi connectivity index (χ2n) is 5.21. The lowest BCUT2D eigenvalue weighted by Gasteiger charge is -2.26. The molecule has 1 aliphatic heterocycles. The monoisotopic (exact) mass is 248 g/mol. The summed E-state index contributed by atoms with van der Waals surface area (Å²) in [4.78, 5) is 2.40. The molecule has 1 fully saturated rings. The van der Waals surface area contributed by atoms with Crippen molar-refractivity contribution in [1.82, 2.24) is 4.90 Å². The molecule has 1 heterocycles. The summed E-state index contributed by atoms with van der Waals surface area (Å²) >= 11 is 0. The molecule has 2 unspecified atom stereocenters. The highest BCUT2D eigenvalue weighted by molar-refractivity contribution is 5.45. The number of hydrogen-bond acceptors (Lipinski definition) is 3. The smallest absolute Gasteiger partial charge is 0.0702 e. The van der Waals surface area contributed by atoms with Gasteiger partial charge in [0.15, 0.2) is 0 Å². The summed E-state index contributed by atoms with van der Waals surface area (Å²) in [5.74, 6) is 0. The topological polar surface area (TPSA) is 24.5 Å². The van der Waals surface area contributed by atoms with Gasteiger partial charge in [-0.2, -0.15) is 0 Å². The van der Waals surface area contributed by atoms with Gasteiger partial charge in [0.05, 0.1) is 6.10 Å². The Balaban J connectivity index is 1.75. The van der Waals surface area contributed by atoms with E-state index in [1.54, 1.807) is 0 Å². The minimum absolute atomic E-state index is 0.369. The maximum absolute atomic E-state index is 5.60. The van der Waals surface area contributed by atoms with Crippen LogP contribution in [0.25, 0.3) is 0 Å². The van der Waals surface area contributed by atoms with E-state index >= 15 is 0 Å². The fourth-order valence-electron chi connectivity index (χ4n) is 2.60. The zero-order chi connectivity index (χ0) is 13.0. The zero-order valence-corrected chi connectivity index (χ0v) is 11.6. The molecule has 0 aromatic heterocycles. The van der Waals surface area contributed by atoms with Crippen LogP contribution in [0.15, 0.2) is 24.3 Å². The molecule has 0 saturated carbocycles. The molecule has 0 amide bonds. The number of likely N-dealkylation sites (N-methyl/N-ethyl adjacent to an activating group) is 1. The minimum atomic E-state index is 0.369. The van der Waals surface area contributed by atoms with E-state index in [9.17, 15) is 0 Å². The number of nitrogens with one attached hydrogen (secondary N) is 1. The van der Waals surface area contributed by atoms with Crippen LogP contribution in [-0.4, -0.2) is 43.8 Å². The third-order valence-electron chi connectivity index (χ3n) is 3.71. The molecule has 1 aromatic carbocycles. The summed E-state index contributed by atoms with van der Waals surface area (Å²) in [5.41, 5.74) is 2.50. The van der Waals surface area contributed by atoms with Crippen molar-refractivity contribution >= 4 is 5.69 Å². The molecule has 3 nitrogen and oxygen atoms in total. The zero-order valence-electron chi connectivity index (χ0n) is 11.6. The number of aryl methyl sites for hydroxylation is 1. The number of anilines is 1. The Morgan fingerprint density at radius 3 is 2.94 bits per heavy atom. The second-order valence-corrected chi connectivity index (χ2v) is 5.21. The van der Waals surface area contributed by atoms with E-state index in [0.29, 0.717) is 12.1 Å². The maximum atomic E-state index is 5.60. The molecule has 2 atom stereocenters. The van der Waals surface area contributed by atoms with Crippen molar-refractivity contribution < 1.29 is 4.74 Å². The first-order chi connectivity index (χ1) is 8.66. The summed E-state index contributed by atoms with van der Waals surface area (Å²) in [6.07, 6.45) is 1.52. The van der Waals surface area contributed by atoms with Gasteiger partial charge in [0.25, 0.3) is 0 Å². The standard InChI is InChI=1S/C15H24N2O/c1-12-5-4-6-14(11-12)16-8-9-17(3)15-7-10-18-13(15)2/h4-6,11,13,15-16H,7-10H2,1-3H3. The summed E-state index contributed by atoms with van der Waals surface area (Å²) in [7, 11) is 2.19. The molecule has 0 aliphatic carbocycles. The van der Waals surface area contributed by atoms with Gasteiger partial charge in [-0.05, 0) is 45.0 Å². The minimum Gasteiger partial charge on any atom is -0.384 e. The molecule has 2 rings (SSSR count). The molecular weight excluding hydrogens is 224 g/mol. The molecule has 1 aliphatic rings. The van der Waals surface area contributed by atoms with Crippen LogP contribution in [0.1, 0.15) is 18.9 Å². The third kappa shape index (κ3) is 3.47. The first-order valence-electron chi connectivity index (χ1n) is 6.79. The van der Waals surface area contributed by atoms with Crippen molar-refractivity contribution in [2.75, 3.05) is 32.1 Å². The van der Waals surface area contributed by atoms with Crippen LogP contribution < -0.4 is 5.32 Å². The van der Waals surface area contributed by atoms with Crippen LogP contribution >= 0.6 is 0 Å². The van der Waals surface area contributed by atoms with Crippen molar-refractivity contribution in [1.29, 1.82) is 0 Å². The van der Waals surface area contributed by atoms with Crippen LogP contribution in [0.2, 0.25) is 0 Å². The lowest BCUT2D eigenvalue weighted by Crippen LogP contribution is -2.39. The Morgan fingerprint density at radius 1 is 1.44 bits per heavy atom. The van der Waals surface area contributed by atoms with E-state index < -0.39 is 0 Å². The molecular formula is C15H24N2O. The normalized spacial score (nSPS) is 23.6.